The second kappa shape index (κ2) is 17.0. The molecule has 0 aliphatic rings. The number of carbonyl (C=O) groups excluding carboxylic acids is 1. The van der Waals surface area contributed by atoms with Gasteiger partial charge in [-0.15, -0.1) is 0 Å². The third-order valence-corrected chi connectivity index (χ3v) is 7.51. The smallest absolute Gasteiger partial charge is 0.303 e. The first-order chi connectivity index (χ1) is 17.9. The summed E-state index contributed by atoms with van der Waals surface area (Å²) < 4.78 is 2.07. The molecular weight excluding hydrogens is 460 g/mol. The van der Waals surface area contributed by atoms with Crippen molar-refractivity contribution in [1.82, 2.24) is 4.57 Å². The molecule has 0 saturated heterocycles. The summed E-state index contributed by atoms with van der Waals surface area (Å²) in [5.41, 5.74) is 4.47. The molecule has 2 rings (SSSR count). The van der Waals surface area contributed by atoms with E-state index in [1.165, 1.54) is 64.2 Å². The highest BCUT2D eigenvalue weighted by Crippen LogP contribution is 2.24. The van der Waals surface area contributed by atoms with E-state index >= 15 is 0 Å². The lowest BCUT2D eigenvalue weighted by molar-refractivity contribution is -0.137. The van der Waals surface area contributed by atoms with Crippen LogP contribution < -0.4 is 5.32 Å². The van der Waals surface area contributed by atoms with Gasteiger partial charge in [0.25, 0.3) is 0 Å². The van der Waals surface area contributed by atoms with Gasteiger partial charge in [0, 0.05) is 48.2 Å². The van der Waals surface area contributed by atoms with Gasteiger partial charge in [-0.1, -0.05) is 84.3 Å². The van der Waals surface area contributed by atoms with Gasteiger partial charge >= 0.3 is 5.97 Å². The zero-order chi connectivity index (χ0) is 27.0. The van der Waals surface area contributed by atoms with Gasteiger partial charge in [0.1, 0.15) is 0 Å². The molecule has 0 unspecified atom stereocenters. The van der Waals surface area contributed by atoms with Crippen molar-refractivity contribution >= 4 is 17.4 Å². The van der Waals surface area contributed by atoms with Crippen LogP contribution in [0.3, 0.4) is 0 Å². The molecule has 1 aromatic heterocycles. The third kappa shape index (κ3) is 10.4. The van der Waals surface area contributed by atoms with Crippen LogP contribution in [0.4, 0.5) is 5.69 Å². The Labute approximate surface area is 225 Å². The Morgan fingerprint density at radius 3 is 2.19 bits per heavy atom. The molecule has 0 atom stereocenters. The van der Waals surface area contributed by atoms with Crippen LogP contribution >= 0.6 is 0 Å². The van der Waals surface area contributed by atoms with Gasteiger partial charge in [0.15, 0.2) is 5.78 Å². The quantitative estimate of drug-likeness (QED) is 0.139. The average Bonchev–Trinajstić information content (AvgIpc) is 3.21. The number of carbonyl (C=O) groups is 2. The fraction of sp³-hybridized carbons (Fsp3) is 0.625. The van der Waals surface area contributed by atoms with Crippen molar-refractivity contribution in [1.29, 1.82) is 0 Å². The third-order valence-electron chi connectivity index (χ3n) is 7.51. The molecule has 0 fully saturated rings. The number of aromatic nitrogens is 1. The topological polar surface area (TPSA) is 71.3 Å². The monoisotopic (exact) mass is 510 g/mol. The van der Waals surface area contributed by atoms with Crippen LogP contribution in [0.2, 0.25) is 0 Å². The van der Waals surface area contributed by atoms with Gasteiger partial charge in [-0.3, -0.25) is 9.59 Å². The van der Waals surface area contributed by atoms with E-state index in [0.717, 1.165) is 35.6 Å². The highest BCUT2D eigenvalue weighted by atomic mass is 16.4. The molecule has 0 spiro atoms. The maximum Gasteiger partial charge on any atom is 0.303 e. The van der Waals surface area contributed by atoms with Crippen LogP contribution in [0, 0.1) is 5.92 Å². The standard InChI is InChI=1S/C32H50N2O3/c1-5-8-10-12-16-25(17-13-11-9-6-2)24-33-27-19-14-18-26(22-27)32(37)29-23-28(20-15-21-31(35)36)34(4)30(29)7-3/h14,18-19,22-23,25,33H,5-13,15-17,20-21,24H2,1-4H3,(H,35,36). The number of rotatable bonds is 20. The van der Waals surface area contributed by atoms with Crippen molar-refractivity contribution in [2.75, 3.05) is 11.9 Å². The molecule has 1 aromatic carbocycles. The number of carboxylic acid groups (broad SMARTS) is 1. The van der Waals surface area contributed by atoms with Crippen molar-refractivity contribution in [3.63, 3.8) is 0 Å². The maximum atomic E-state index is 13.5. The van der Waals surface area contributed by atoms with Crippen molar-refractivity contribution < 1.29 is 14.7 Å². The fourth-order valence-corrected chi connectivity index (χ4v) is 5.24. The summed E-state index contributed by atoms with van der Waals surface area (Å²) in [6.07, 6.45) is 15.1. The van der Waals surface area contributed by atoms with E-state index in [9.17, 15) is 9.59 Å². The van der Waals surface area contributed by atoms with Gasteiger partial charge in [-0.25, -0.2) is 0 Å². The zero-order valence-corrected chi connectivity index (χ0v) is 23.8. The average molecular weight is 511 g/mol. The SMILES string of the molecule is CCCCCCC(CCCCCC)CNc1cccc(C(=O)c2cc(CCCC(=O)O)n(C)c2CC)c1. The molecule has 0 amide bonds. The summed E-state index contributed by atoms with van der Waals surface area (Å²) in [4.78, 5) is 24.4. The Morgan fingerprint density at radius 2 is 1.59 bits per heavy atom. The number of aryl methyl sites for hydroxylation is 1. The molecule has 5 nitrogen and oxygen atoms in total. The summed E-state index contributed by atoms with van der Waals surface area (Å²) in [6, 6.07) is 9.88. The zero-order valence-electron chi connectivity index (χ0n) is 23.8. The number of ketones is 1. The van der Waals surface area contributed by atoms with Gasteiger partial charge in [0.05, 0.1) is 0 Å². The lowest BCUT2D eigenvalue weighted by Crippen LogP contribution is -2.15. The Morgan fingerprint density at radius 1 is 0.919 bits per heavy atom. The number of unbranched alkanes of at least 4 members (excludes halogenated alkanes) is 6. The summed E-state index contributed by atoms with van der Waals surface area (Å²) >= 11 is 0. The molecule has 0 bridgehead atoms. The molecular formula is C32H50N2O3. The van der Waals surface area contributed by atoms with E-state index in [1.807, 2.05) is 31.3 Å². The predicted molar refractivity (Wildman–Crippen MR) is 155 cm³/mol. The van der Waals surface area contributed by atoms with Crippen molar-refractivity contribution in [2.45, 2.75) is 111 Å². The van der Waals surface area contributed by atoms with Crippen molar-refractivity contribution in [3.8, 4) is 0 Å². The second-order valence-electron chi connectivity index (χ2n) is 10.5. The summed E-state index contributed by atoms with van der Waals surface area (Å²) in [6.45, 7) is 7.54. The Kier molecular flexibility index (Phi) is 14.1. The maximum absolute atomic E-state index is 13.5. The first-order valence-corrected chi connectivity index (χ1v) is 14.7. The van der Waals surface area contributed by atoms with Crippen LogP contribution in [0.1, 0.15) is 125 Å². The minimum absolute atomic E-state index is 0.0382. The number of aliphatic carboxylic acids is 1. The van der Waals surface area contributed by atoms with E-state index in [2.05, 4.69) is 36.7 Å². The number of nitrogens with one attached hydrogen (secondary N) is 1. The van der Waals surface area contributed by atoms with Crippen LogP contribution in [-0.2, 0) is 24.7 Å². The van der Waals surface area contributed by atoms with Gasteiger partial charge < -0.3 is 15.0 Å². The van der Waals surface area contributed by atoms with Crippen molar-refractivity contribution in [2.24, 2.45) is 13.0 Å². The molecule has 5 heteroatoms. The minimum atomic E-state index is -0.783. The van der Waals surface area contributed by atoms with E-state index in [4.69, 9.17) is 5.11 Å². The molecule has 0 radical (unpaired) electrons. The number of benzene rings is 1. The van der Waals surface area contributed by atoms with Gasteiger partial charge in [-0.2, -0.15) is 0 Å². The second-order valence-corrected chi connectivity index (χ2v) is 10.5. The molecule has 1 heterocycles. The molecule has 206 valence electrons. The van der Waals surface area contributed by atoms with E-state index in [1.54, 1.807) is 0 Å². The Balaban J connectivity index is 2.07. The molecule has 0 aliphatic carbocycles. The summed E-state index contributed by atoms with van der Waals surface area (Å²) in [5, 5.41) is 12.6. The van der Waals surface area contributed by atoms with Crippen LogP contribution in [0.15, 0.2) is 30.3 Å². The van der Waals surface area contributed by atoms with Gasteiger partial charge in [-0.05, 0) is 56.2 Å². The van der Waals surface area contributed by atoms with Crippen molar-refractivity contribution in [3.05, 3.63) is 52.8 Å². The van der Waals surface area contributed by atoms with Crippen LogP contribution in [0.25, 0.3) is 0 Å². The Hall–Kier alpha value is -2.56. The van der Waals surface area contributed by atoms with E-state index < -0.39 is 5.97 Å². The van der Waals surface area contributed by atoms with Gasteiger partial charge in [0.2, 0.25) is 0 Å². The van der Waals surface area contributed by atoms with E-state index in [-0.39, 0.29) is 12.2 Å². The first kappa shape index (κ1) is 30.7. The highest BCUT2D eigenvalue weighted by Gasteiger charge is 2.19. The first-order valence-electron chi connectivity index (χ1n) is 14.7. The predicted octanol–water partition coefficient (Wildman–Crippen LogP) is 8.19. The lowest BCUT2D eigenvalue weighted by Gasteiger charge is -2.19. The molecule has 0 aliphatic heterocycles. The summed E-state index contributed by atoms with van der Waals surface area (Å²) in [7, 11) is 1.98. The minimum Gasteiger partial charge on any atom is -0.481 e. The Bertz CT molecular complexity index is 951. The summed E-state index contributed by atoms with van der Waals surface area (Å²) in [5.74, 6) is -0.0757. The van der Waals surface area contributed by atoms with E-state index in [0.29, 0.717) is 24.3 Å². The molecule has 0 saturated carbocycles. The lowest BCUT2D eigenvalue weighted by atomic mass is 9.94. The van der Waals surface area contributed by atoms with Crippen LogP contribution in [-0.4, -0.2) is 28.0 Å². The molecule has 37 heavy (non-hydrogen) atoms. The fourth-order valence-electron chi connectivity index (χ4n) is 5.24. The number of hydrogen-bond acceptors (Lipinski definition) is 3. The number of hydrogen-bond donors (Lipinski definition) is 2. The number of anilines is 1. The number of carboxylic acids is 1. The largest absolute Gasteiger partial charge is 0.481 e. The van der Waals surface area contributed by atoms with Crippen LogP contribution in [0.5, 0.6) is 0 Å². The highest BCUT2D eigenvalue weighted by molar-refractivity contribution is 6.10. The number of nitrogens with zero attached hydrogens (tertiary/aromatic N) is 1. The normalized spacial score (nSPS) is 11.3. The molecule has 2 aromatic rings. The molecule has 2 N–H and O–H groups in total.